The Morgan fingerprint density at radius 2 is 0.679 bits per heavy atom. The van der Waals surface area contributed by atoms with Crippen LogP contribution in [0.15, 0.2) is 0 Å². The fourth-order valence-corrected chi connectivity index (χ4v) is 2.09. The summed E-state index contributed by atoms with van der Waals surface area (Å²) >= 11 is 0. The Balaban J connectivity index is -0.000000152. The summed E-state index contributed by atoms with van der Waals surface area (Å²) in [6, 6.07) is 0. The van der Waals surface area contributed by atoms with Crippen molar-refractivity contribution in [1.29, 1.82) is 0 Å². The van der Waals surface area contributed by atoms with Crippen molar-refractivity contribution in [3.63, 3.8) is 0 Å². The molecule has 0 aromatic heterocycles. The summed E-state index contributed by atoms with van der Waals surface area (Å²) in [5.41, 5.74) is 0. The molecule has 0 amide bonds. The molecule has 0 rings (SSSR count). The molecule has 0 spiro atoms. The van der Waals surface area contributed by atoms with E-state index in [1.54, 1.807) is 0 Å². The van der Waals surface area contributed by atoms with Crippen molar-refractivity contribution < 1.29 is 52.1 Å². The van der Waals surface area contributed by atoms with Crippen LogP contribution in [-0.4, -0.2) is 17.9 Å². The Kier molecular flexibility index (Phi) is 38.2. The Bertz CT molecular complexity index is 295. The van der Waals surface area contributed by atoms with Gasteiger partial charge < -0.3 is 29.7 Å². The Morgan fingerprint density at radius 1 is 0.464 bits per heavy atom. The van der Waals surface area contributed by atoms with E-state index in [1.165, 1.54) is 0 Å². The molecule has 0 aliphatic rings. The summed E-state index contributed by atoms with van der Waals surface area (Å²) in [5.74, 6) is -2.77. The molecule has 0 unspecified atom stereocenters. The third-order valence-electron chi connectivity index (χ3n) is 3.70. The maximum Gasteiger partial charge on any atom is 3.00 e. The molecule has 164 valence electrons. The van der Waals surface area contributed by atoms with Gasteiger partial charge in [0.1, 0.15) is 0 Å². The molecule has 28 heavy (non-hydrogen) atoms. The van der Waals surface area contributed by atoms with Gasteiger partial charge in [-0.3, -0.25) is 0 Å². The normalized spacial score (nSPS) is 9.11. The van der Waals surface area contributed by atoms with Crippen LogP contribution in [0, 0.1) is 0 Å². The van der Waals surface area contributed by atoms with E-state index in [9.17, 15) is 29.7 Å². The summed E-state index contributed by atoms with van der Waals surface area (Å²) in [5, 5.41) is 29.6. The van der Waals surface area contributed by atoms with Gasteiger partial charge in [0.25, 0.3) is 0 Å². The van der Waals surface area contributed by atoms with E-state index in [4.69, 9.17) is 0 Å². The summed E-state index contributed by atoms with van der Waals surface area (Å²) in [7, 11) is 0. The second kappa shape index (κ2) is 30.9. The molecule has 0 saturated heterocycles. The van der Waals surface area contributed by atoms with Crippen molar-refractivity contribution in [2.24, 2.45) is 0 Å². The molecule has 0 bridgehead atoms. The molecule has 0 atom stereocenters. The smallest absolute Gasteiger partial charge is 0.550 e. The van der Waals surface area contributed by atoms with Crippen molar-refractivity contribution in [1.82, 2.24) is 0 Å². The number of hydrogen-bond donors (Lipinski definition) is 0. The van der Waals surface area contributed by atoms with Crippen LogP contribution in [0.3, 0.4) is 0 Å². The minimum Gasteiger partial charge on any atom is -0.550 e. The first-order valence-corrected chi connectivity index (χ1v) is 10.4. The quantitative estimate of drug-likeness (QED) is 0.262. The molecule has 7 heteroatoms. The molecule has 6 nitrogen and oxygen atoms in total. The first-order chi connectivity index (χ1) is 12.8. The maximum absolute atomic E-state index is 9.85. The first-order valence-electron chi connectivity index (χ1n) is 10.4. The van der Waals surface area contributed by atoms with Crippen LogP contribution in [0.2, 0.25) is 0 Å². The minimum atomic E-state index is -0.925. The molecular formula is C21H39NbO6. The van der Waals surface area contributed by atoms with E-state index in [2.05, 4.69) is 20.8 Å². The number of rotatable bonds is 15. The number of unbranched alkanes of at least 4 members (excludes halogenated alkanes) is 9. The van der Waals surface area contributed by atoms with Gasteiger partial charge in [0.05, 0.1) is 0 Å². The number of carbonyl (C=O) groups excluding carboxylic acids is 3. The average Bonchev–Trinajstić information content (AvgIpc) is 2.60. The molecule has 0 aliphatic heterocycles. The summed E-state index contributed by atoms with van der Waals surface area (Å²) < 4.78 is 0. The predicted octanol–water partition coefficient (Wildman–Crippen LogP) is 2.12. The SMILES string of the molecule is CCCCCCC(=O)[O-].CCCCCCC(=O)[O-].CCCCCCC(=O)[O-].[Nb+3]. The van der Waals surface area contributed by atoms with Gasteiger partial charge in [-0.25, -0.2) is 0 Å². The maximum atomic E-state index is 9.85. The van der Waals surface area contributed by atoms with Crippen LogP contribution in [0.25, 0.3) is 0 Å². The van der Waals surface area contributed by atoms with Gasteiger partial charge in [-0.15, -0.1) is 0 Å². The molecule has 0 fully saturated rings. The summed E-state index contributed by atoms with van der Waals surface area (Å²) in [4.78, 5) is 29.6. The molecule has 0 aromatic rings. The van der Waals surface area contributed by atoms with Crippen LogP contribution in [-0.2, 0) is 36.8 Å². The van der Waals surface area contributed by atoms with Crippen molar-refractivity contribution >= 4 is 17.9 Å². The number of hydrogen-bond acceptors (Lipinski definition) is 6. The first kappa shape index (κ1) is 34.6. The Hall–Kier alpha value is -0.850. The average molecular weight is 480 g/mol. The van der Waals surface area contributed by atoms with Crippen LogP contribution < -0.4 is 15.3 Å². The third kappa shape index (κ3) is 49.9. The standard InChI is InChI=1S/3C7H14O2.Nb/c3*1-2-3-4-5-6-7(8)9;/h3*2-6H2,1H3,(H,8,9);/q;;;+3/p-3. The van der Waals surface area contributed by atoms with E-state index in [0.717, 1.165) is 77.0 Å². The van der Waals surface area contributed by atoms with Gasteiger partial charge in [0.15, 0.2) is 0 Å². The second-order valence-electron chi connectivity index (χ2n) is 6.55. The molecule has 0 heterocycles. The Morgan fingerprint density at radius 3 is 0.821 bits per heavy atom. The Labute approximate surface area is 187 Å². The molecule has 0 aliphatic carbocycles. The molecule has 0 aromatic carbocycles. The fourth-order valence-electron chi connectivity index (χ4n) is 2.09. The second-order valence-corrected chi connectivity index (χ2v) is 6.55. The zero-order valence-corrected chi connectivity index (χ0v) is 20.2. The van der Waals surface area contributed by atoms with E-state index in [1.807, 2.05) is 0 Å². The van der Waals surface area contributed by atoms with Gasteiger partial charge in [0.2, 0.25) is 0 Å². The van der Waals surface area contributed by atoms with Crippen molar-refractivity contribution in [2.75, 3.05) is 0 Å². The van der Waals surface area contributed by atoms with E-state index >= 15 is 0 Å². The number of carbonyl (C=O) groups is 3. The number of aliphatic carboxylic acids is 3. The monoisotopic (exact) mass is 480 g/mol. The predicted molar refractivity (Wildman–Crippen MR) is 101 cm³/mol. The van der Waals surface area contributed by atoms with Gasteiger partial charge in [-0.05, 0) is 38.5 Å². The largest absolute Gasteiger partial charge is 3.00 e. The zero-order chi connectivity index (χ0) is 21.3. The van der Waals surface area contributed by atoms with Crippen LogP contribution in [0.5, 0.6) is 0 Å². The van der Waals surface area contributed by atoms with Crippen LogP contribution >= 0.6 is 0 Å². The summed E-state index contributed by atoms with van der Waals surface area (Å²) in [6.45, 7) is 6.29. The third-order valence-corrected chi connectivity index (χ3v) is 3.70. The number of carboxylic acid groups (broad SMARTS) is 3. The summed E-state index contributed by atoms with van der Waals surface area (Å²) in [6.07, 6.45) is 12.9. The van der Waals surface area contributed by atoms with Crippen molar-refractivity contribution in [3.8, 4) is 0 Å². The minimum absolute atomic E-state index is 0. The van der Waals surface area contributed by atoms with Crippen molar-refractivity contribution in [3.05, 3.63) is 0 Å². The van der Waals surface area contributed by atoms with Gasteiger partial charge in [0, 0.05) is 17.9 Å². The fraction of sp³-hybridized carbons (Fsp3) is 0.857. The van der Waals surface area contributed by atoms with E-state index in [0.29, 0.717) is 0 Å². The van der Waals surface area contributed by atoms with E-state index < -0.39 is 17.9 Å². The van der Waals surface area contributed by atoms with Crippen LogP contribution in [0.4, 0.5) is 0 Å². The molecule has 0 N–H and O–H groups in total. The van der Waals surface area contributed by atoms with Gasteiger partial charge in [-0.2, -0.15) is 0 Å². The van der Waals surface area contributed by atoms with Crippen molar-refractivity contribution in [2.45, 2.75) is 117 Å². The topological polar surface area (TPSA) is 120 Å². The molecule has 0 saturated carbocycles. The van der Waals surface area contributed by atoms with Gasteiger partial charge in [-0.1, -0.05) is 78.6 Å². The molecule has 0 radical (unpaired) electrons. The van der Waals surface area contributed by atoms with Gasteiger partial charge >= 0.3 is 22.4 Å². The number of carboxylic acids is 3. The zero-order valence-electron chi connectivity index (χ0n) is 18.0. The molecular weight excluding hydrogens is 441 g/mol. The van der Waals surface area contributed by atoms with Crippen LogP contribution in [0.1, 0.15) is 117 Å². The van der Waals surface area contributed by atoms with E-state index in [-0.39, 0.29) is 41.6 Å².